The number of hydrogen-bond donors (Lipinski definition) is 3. The first kappa shape index (κ1) is 16.8. The van der Waals surface area contributed by atoms with Crippen molar-refractivity contribution in [3.05, 3.63) is 65.5 Å². The van der Waals surface area contributed by atoms with Crippen LogP contribution in [-0.4, -0.2) is 24.2 Å². The minimum atomic E-state index is -0.213. The number of halogens is 1. The maximum atomic E-state index is 13.1. The van der Waals surface area contributed by atoms with E-state index in [1.165, 1.54) is 6.07 Å². The number of phenolic OH excluding ortho intramolecular Hbond substituents is 1. The third-order valence-corrected chi connectivity index (χ3v) is 3.30. The van der Waals surface area contributed by atoms with Gasteiger partial charge >= 0.3 is 0 Å². The van der Waals surface area contributed by atoms with Crippen molar-refractivity contribution in [2.45, 2.75) is 19.9 Å². The van der Waals surface area contributed by atoms with Crippen LogP contribution in [0.25, 0.3) is 0 Å². The molecule has 0 atom stereocenters. The number of phenols is 1. The zero-order chi connectivity index (χ0) is 16.5. The lowest BCUT2D eigenvalue weighted by atomic mass is 10.1. The first-order valence-electron chi connectivity index (χ1n) is 7.72. The van der Waals surface area contributed by atoms with Crippen molar-refractivity contribution in [3.63, 3.8) is 0 Å². The molecule has 4 nitrogen and oxygen atoms in total. The number of aromatic hydroxyl groups is 1. The zero-order valence-corrected chi connectivity index (χ0v) is 13.2. The first-order chi connectivity index (χ1) is 11.2. The molecule has 0 fully saturated rings. The summed E-state index contributed by atoms with van der Waals surface area (Å²) in [6.45, 7) is 3.96. The molecule has 0 radical (unpaired) electrons. The summed E-state index contributed by atoms with van der Waals surface area (Å²) >= 11 is 0. The van der Waals surface area contributed by atoms with Crippen molar-refractivity contribution in [1.29, 1.82) is 0 Å². The quantitative estimate of drug-likeness (QED) is 0.567. The second-order valence-electron chi connectivity index (χ2n) is 5.17. The van der Waals surface area contributed by atoms with Crippen LogP contribution in [0.15, 0.2) is 53.5 Å². The van der Waals surface area contributed by atoms with E-state index in [0.717, 1.165) is 30.1 Å². The highest BCUT2D eigenvalue weighted by atomic mass is 19.1. The van der Waals surface area contributed by atoms with Crippen LogP contribution in [-0.2, 0) is 13.0 Å². The molecule has 122 valence electrons. The predicted octanol–water partition coefficient (Wildman–Crippen LogP) is 2.83. The minimum absolute atomic E-state index is 0.213. The molecule has 2 aromatic carbocycles. The molecule has 2 aromatic rings. The molecule has 0 unspecified atom stereocenters. The van der Waals surface area contributed by atoms with Gasteiger partial charge in [0.25, 0.3) is 0 Å². The first-order valence-corrected chi connectivity index (χ1v) is 7.72. The van der Waals surface area contributed by atoms with Gasteiger partial charge in [-0.2, -0.15) is 0 Å². The molecule has 0 spiro atoms. The van der Waals surface area contributed by atoms with Crippen LogP contribution in [0.3, 0.4) is 0 Å². The van der Waals surface area contributed by atoms with Gasteiger partial charge in [0, 0.05) is 13.1 Å². The van der Waals surface area contributed by atoms with Gasteiger partial charge in [-0.1, -0.05) is 24.3 Å². The van der Waals surface area contributed by atoms with Crippen LogP contribution in [0.5, 0.6) is 5.75 Å². The Morgan fingerprint density at radius 1 is 1.09 bits per heavy atom. The average Bonchev–Trinajstić information content (AvgIpc) is 2.54. The van der Waals surface area contributed by atoms with Crippen LogP contribution >= 0.6 is 0 Å². The molecule has 0 saturated heterocycles. The smallest absolute Gasteiger partial charge is 0.191 e. The summed E-state index contributed by atoms with van der Waals surface area (Å²) in [7, 11) is 0. The molecule has 0 bridgehead atoms. The topological polar surface area (TPSA) is 56.7 Å². The second kappa shape index (κ2) is 8.78. The number of nitrogens with one attached hydrogen (secondary N) is 2. The molecule has 0 saturated carbocycles. The Labute approximate surface area is 136 Å². The monoisotopic (exact) mass is 315 g/mol. The minimum Gasteiger partial charge on any atom is -0.508 e. The average molecular weight is 315 g/mol. The van der Waals surface area contributed by atoms with Gasteiger partial charge < -0.3 is 15.7 Å². The van der Waals surface area contributed by atoms with E-state index in [2.05, 4.69) is 15.6 Å². The molecule has 0 aliphatic rings. The van der Waals surface area contributed by atoms with Crippen LogP contribution in [0.2, 0.25) is 0 Å². The van der Waals surface area contributed by atoms with Gasteiger partial charge in [-0.05, 0) is 48.7 Å². The Morgan fingerprint density at radius 3 is 2.57 bits per heavy atom. The number of nitrogens with zero attached hydrogens (tertiary/aromatic N) is 1. The highest BCUT2D eigenvalue weighted by Crippen LogP contribution is 2.10. The van der Waals surface area contributed by atoms with Crippen LogP contribution in [0.4, 0.5) is 4.39 Å². The van der Waals surface area contributed by atoms with Gasteiger partial charge in [0.1, 0.15) is 11.6 Å². The molecule has 5 heteroatoms. The van der Waals surface area contributed by atoms with Crippen molar-refractivity contribution >= 4 is 5.96 Å². The number of benzene rings is 2. The maximum Gasteiger partial charge on any atom is 0.191 e. The summed E-state index contributed by atoms with van der Waals surface area (Å²) in [6, 6.07) is 13.6. The molecular weight excluding hydrogens is 293 g/mol. The molecule has 23 heavy (non-hydrogen) atoms. The van der Waals surface area contributed by atoms with Crippen LogP contribution in [0, 0.1) is 5.82 Å². The summed E-state index contributed by atoms with van der Waals surface area (Å²) in [6.07, 6.45) is 0.724. The normalized spacial score (nSPS) is 11.3. The van der Waals surface area contributed by atoms with E-state index in [9.17, 15) is 9.50 Å². The Balaban J connectivity index is 1.87. The Bertz CT molecular complexity index is 641. The Kier molecular flexibility index (Phi) is 6.41. The standard InChI is InChI=1S/C18H22FN3O/c1-2-20-18(22-13-15-6-8-17(23)9-7-15)21-11-10-14-4-3-5-16(19)12-14/h3-9,12,23H,2,10-11,13H2,1H3,(H2,20,21,22). The molecule has 2 rings (SSSR count). The molecule has 0 aromatic heterocycles. The van der Waals surface area contributed by atoms with Gasteiger partial charge in [-0.15, -0.1) is 0 Å². The van der Waals surface area contributed by atoms with Gasteiger partial charge in [-0.3, -0.25) is 0 Å². The molecule has 3 N–H and O–H groups in total. The van der Waals surface area contributed by atoms with Crippen molar-refractivity contribution in [1.82, 2.24) is 10.6 Å². The van der Waals surface area contributed by atoms with Gasteiger partial charge in [0.05, 0.1) is 6.54 Å². The fourth-order valence-corrected chi connectivity index (χ4v) is 2.13. The predicted molar refractivity (Wildman–Crippen MR) is 91.0 cm³/mol. The summed E-state index contributed by atoms with van der Waals surface area (Å²) in [5.74, 6) is 0.755. The van der Waals surface area contributed by atoms with E-state index in [0.29, 0.717) is 13.1 Å². The lowest BCUT2D eigenvalue weighted by molar-refractivity contribution is 0.475. The summed E-state index contributed by atoms with van der Waals surface area (Å²) in [5, 5.41) is 15.7. The summed E-state index contributed by atoms with van der Waals surface area (Å²) in [4.78, 5) is 4.50. The third-order valence-electron chi connectivity index (χ3n) is 3.30. The van der Waals surface area contributed by atoms with Crippen molar-refractivity contribution in [2.75, 3.05) is 13.1 Å². The van der Waals surface area contributed by atoms with Gasteiger partial charge in [0.15, 0.2) is 5.96 Å². The number of aliphatic imine (C=N–C) groups is 1. The highest BCUT2D eigenvalue weighted by molar-refractivity contribution is 5.79. The van der Waals surface area contributed by atoms with Gasteiger partial charge in [0.2, 0.25) is 0 Å². The number of rotatable bonds is 6. The van der Waals surface area contributed by atoms with Crippen LogP contribution in [0.1, 0.15) is 18.1 Å². The zero-order valence-electron chi connectivity index (χ0n) is 13.2. The van der Waals surface area contributed by atoms with E-state index in [4.69, 9.17) is 0 Å². The van der Waals surface area contributed by atoms with Gasteiger partial charge in [-0.25, -0.2) is 9.38 Å². The molecule has 0 aliphatic heterocycles. The van der Waals surface area contributed by atoms with Crippen molar-refractivity contribution in [3.8, 4) is 5.75 Å². The summed E-state index contributed by atoms with van der Waals surface area (Å²) < 4.78 is 13.1. The highest BCUT2D eigenvalue weighted by Gasteiger charge is 1.99. The third kappa shape index (κ3) is 5.98. The molecular formula is C18H22FN3O. The Hall–Kier alpha value is -2.56. The van der Waals surface area contributed by atoms with E-state index in [1.54, 1.807) is 24.3 Å². The molecule has 0 heterocycles. The van der Waals surface area contributed by atoms with E-state index < -0.39 is 0 Å². The Morgan fingerprint density at radius 2 is 1.87 bits per heavy atom. The van der Waals surface area contributed by atoms with E-state index in [1.807, 2.05) is 25.1 Å². The van der Waals surface area contributed by atoms with E-state index in [-0.39, 0.29) is 11.6 Å². The maximum absolute atomic E-state index is 13.1. The van der Waals surface area contributed by atoms with Crippen molar-refractivity contribution in [2.24, 2.45) is 4.99 Å². The second-order valence-corrected chi connectivity index (χ2v) is 5.17. The fraction of sp³-hybridized carbons (Fsp3) is 0.278. The largest absolute Gasteiger partial charge is 0.508 e. The van der Waals surface area contributed by atoms with Crippen LogP contribution < -0.4 is 10.6 Å². The van der Waals surface area contributed by atoms with Crippen molar-refractivity contribution < 1.29 is 9.50 Å². The van der Waals surface area contributed by atoms with E-state index >= 15 is 0 Å². The lowest BCUT2D eigenvalue weighted by Gasteiger charge is -2.11. The number of guanidine groups is 1. The SMILES string of the molecule is CCNC(=NCc1ccc(O)cc1)NCCc1cccc(F)c1. The molecule has 0 aliphatic carbocycles. The summed E-state index contributed by atoms with van der Waals surface area (Å²) in [5.41, 5.74) is 1.97. The number of hydrogen-bond acceptors (Lipinski definition) is 2. The lowest BCUT2D eigenvalue weighted by Crippen LogP contribution is -2.38. The fourth-order valence-electron chi connectivity index (χ4n) is 2.13. The molecule has 0 amide bonds.